The molecule has 2 heterocycles. The van der Waals surface area contributed by atoms with E-state index >= 15 is 0 Å². The third-order valence-corrected chi connectivity index (χ3v) is 7.55. The zero-order valence-corrected chi connectivity index (χ0v) is 19.1. The van der Waals surface area contributed by atoms with Crippen LogP contribution in [-0.4, -0.2) is 58.1 Å². The molecule has 2 atom stereocenters. The smallest absolute Gasteiger partial charge is 0.240 e. The third-order valence-electron chi connectivity index (χ3n) is 6.12. The molecule has 0 aliphatic carbocycles. The van der Waals surface area contributed by atoms with Gasteiger partial charge in [0, 0.05) is 44.3 Å². The standard InChI is InChI=1S/C23H28FN3O4S/c1-16-13-19-14-21(7-8-22(19)27(16)17(2)28)32(29,30)25-15-23(26-9-11-31-12-10-26)18-3-5-20(24)6-4-18/h3-8,14,16,23,25H,9-13,15H2,1-2H3/t16-,23+/m1/s1. The Morgan fingerprint density at radius 3 is 2.53 bits per heavy atom. The van der Waals surface area contributed by atoms with E-state index in [9.17, 15) is 17.6 Å². The van der Waals surface area contributed by atoms with E-state index in [2.05, 4.69) is 9.62 Å². The van der Waals surface area contributed by atoms with Crippen molar-refractivity contribution in [2.24, 2.45) is 0 Å². The number of carbonyl (C=O) groups is 1. The number of sulfonamides is 1. The van der Waals surface area contributed by atoms with Crippen LogP contribution in [-0.2, 0) is 26.0 Å². The van der Waals surface area contributed by atoms with Gasteiger partial charge in [-0.3, -0.25) is 9.69 Å². The number of amides is 1. The van der Waals surface area contributed by atoms with Gasteiger partial charge < -0.3 is 9.64 Å². The molecule has 0 spiro atoms. The number of halogens is 1. The number of fused-ring (bicyclic) bond motifs is 1. The molecular weight excluding hydrogens is 433 g/mol. The fraction of sp³-hybridized carbons (Fsp3) is 0.435. The quantitative estimate of drug-likeness (QED) is 0.715. The van der Waals surface area contributed by atoms with Gasteiger partial charge in [-0.05, 0) is 54.8 Å². The summed E-state index contributed by atoms with van der Waals surface area (Å²) < 4.78 is 47.8. The SMILES string of the molecule is CC(=O)N1c2ccc(S(=O)(=O)NC[C@@H](c3ccc(F)cc3)N3CCOCC3)cc2C[C@H]1C. The second kappa shape index (κ2) is 9.27. The Labute approximate surface area is 188 Å². The van der Waals surface area contributed by atoms with Crippen LogP contribution < -0.4 is 9.62 Å². The Hall–Kier alpha value is -2.33. The van der Waals surface area contributed by atoms with E-state index in [0.717, 1.165) is 16.8 Å². The van der Waals surface area contributed by atoms with Gasteiger partial charge >= 0.3 is 0 Å². The lowest BCUT2D eigenvalue weighted by Crippen LogP contribution is -2.43. The van der Waals surface area contributed by atoms with Crippen LogP contribution in [0.3, 0.4) is 0 Å². The van der Waals surface area contributed by atoms with Gasteiger partial charge in [0.25, 0.3) is 0 Å². The molecule has 1 amide bonds. The van der Waals surface area contributed by atoms with E-state index in [0.29, 0.717) is 32.7 Å². The lowest BCUT2D eigenvalue weighted by molar-refractivity contribution is -0.116. The highest BCUT2D eigenvalue weighted by atomic mass is 32.2. The van der Waals surface area contributed by atoms with Crippen molar-refractivity contribution < 1.29 is 22.3 Å². The number of rotatable bonds is 6. The number of ether oxygens (including phenoxy) is 1. The zero-order chi connectivity index (χ0) is 22.9. The Bertz CT molecular complexity index is 1080. The summed E-state index contributed by atoms with van der Waals surface area (Å²) >= 11 is 0. The number of anilines is 1. The van der Waals surface area contributed by atoms with Crippen molar-refractivity contribution in [2.75, 3.05) is 37.7 Å². The first-order chi connectivity index (χ1) is 15.3. The maximum atomic E-state index is 13.4. The van der Waals surface area contributed by atoms with Crippen LogP contribution in [0.5, 0.6) is 0 Å². The molecule has 4 rings (SSSR count). The van der Waals surface area contributed by atoms with Crippen LogP contribution in [0.25, 0.3) is 0 Å². The molecule has 1 fully saturated rings. The number of morpholine rings is 1. The van der Waals surface area contributed by atoms with Crippen molar-refractivity contribution in [3.63, 3.8) is 0 Å². The molecule has 0 aromatic heterocycles. The molecule has 0 bridgehead atoms. The molecule has 1 N–H and O–H groups in total. The highest BCUT2D eigenvalue weighted by Gasteiger charge is 2.31. The normalized spacial score (nSPS) is 20.2. The summed E-state index contributed by atoms with van der Waals surface area (Å²) in [7, 11) is -3.77. The number of hydrogen-bond acceptors (Lipinski definition) is 5. The van der Waals surface area contributed by atoms with E-state index in [1.165, 1.54) is 25.1 Å². The lowest BCUT2D eigenvalue weighted by Gasteiger charge is -2.34. The van der Waals surface area contributed by atoms with Crippen LogP contribution in [0, 0.1) is 5.82 Å². The molecule has 9 heteroatoms. The molecule has 2 aliphatic heterocycles. The first kappa shape index (κ1) is 22.8. The summed E-state index contributed by atoms with van der Waals surface area (Å²) in [5, 5.41) is 0. The van der Waals surface area contributed by atoms with Gasteiger partial charge in [-0.25, -0.2) is 17.5 Å². The molecule has 172 valence electrons. The highest BCUT2D eigenvalue weighted by Crippen LogP contribution is 2.34. The minimum absolute atomic E-state index is 0.00223. The predicted molar refractivity (Wildman–Crippen MR) is 119 cm³/mol. The number of nitrogens with zero attached hydrogens (tertiary/aromatic N) is 2. The summed E-state index contributed by atoms with van der Waals surface area (Å²) in [6.07, 6.45) is 0.615. The second-order valence-electron chi connectivity index (χ2n) is 8.30. The largest absolute Gasteiger partial charge is 0.379 e. The van der Waals surface area contributed by atoms with Crippen LogP contribution in [0.1, 0.15) is 31.0 Å². The topological polar surface area (TPSA) is 79.0 Å². The molecule has 2 aliphatic rings. The van der Waals surface area contributed by atoms with Crippen LogP contribution in [0.2, 0.25) is 0 Å². The van der Waals surface area contributed by atoms with E-state index in [4.69, 9.17) is 4.74 Å². The Balaban J connectivity index is 1.55. The van der Waals surface area contributed by atoms with Crippen LogP contribution >= 0.6 is 0 Å². The number of nitrogens with one attached hydrogen (secondary N) is 1. The third kappa shape index (κ3) is 4.71. The van der Waals surface area contributed by atoms with Gasteiger partial charge in [-0.15, -0.1) is 0 Å². The highest BCUT2D eigenvalue weighted by molar-refractivity contribution is 7.89. The molecule has 0 radical (unpaired) electrons. The molecule has 2 aromatic carbocycles. The molecule has 2 aromatic rings. The fourth-order valence-corrected chi connectivity index (χ4v) is 5.65. The minimum atomic E-state index is -3.77. The first-order valence-electron chi connectivity index (χ1n) is 10.8. The van der Waals surface area contributed by atoms with Crippen molar-refractivity contribution in [1.29, 1.82) is 0 Å². The van der Waals surface area contributed by atoms with Gasteiger partial charge in [0.2, 0.25) is 15.9 Å². The monoisotopic (exact) mass is 461 g/mol. The van der Waals surface area contributed by atoms with E-state index in [1.54, 1.807) is 29.2 Å². The Morgan fingerprint density at radius 1 is 1.19 bits per heavy atom. The molecule has 7 nitrogen and oxygen atoms in total. The second-order valence-corrected chi connectivity index (χ2v) is 10.1. The van der Waals surface area contributed by atoms with Gasteiger partial charge in [0.05, 0.1) is 18.1 Å². The van der Waals surface area contributed by atoms with Gasteiger partial charge in [0.15, 0.2) is 0 Å². The maximum Gasteiger partial charge on any atom is 0.240 e. The van der Waals surface area contributed by atoms with Crippen LogP contribution in [0.4, 0.5) is 10.1 Å². The Kier molecular flexibility index (Phi) is 6.62. The molecular formula is C23H28FN3O4S. The zero-order valence-electron chi connectivity index (χ0n) is 18.3. The average Bonchev–Trinajstić information content (AvgIpc) is 3.11. The van der Waals surface area contributed by atoms with Crippen LogP contribution in [0.15, 0.2) is 47.4 Å². The average molecular weight is 462 g/mol. The van der Waals surface area contributed by atoms with Crippen molar-refractivity contribution in [3.8, 4) is 0 Å². The summed E-state index contributed by atoms with van der Waals surface area (Å²) in [5.74, 6) is -0.389. The molecule has 32 heavy (non-hydrogen) atoms. The minimum Gasteiger partial charge on any atom is -0.379 e. The number of carbonyl (C=O) groups excluding carboxylic acids is 1. The molecule has 0 unspecified atom stereocenters. The van der Waals surface area contributed by atoms with E-state index in [1.807, 2.05) is 6.92 Å². The fourth-order valence-electron chi connectivity index (χ4n) is 4.56. The first-order valence-corrected chi connectivity index (χ1v) is 12.2. The van der Waals surface area contributed by atoms with Crippen molar-refractivity contribution in [3.05, 3.63) is 59.4 Å². The number of benzene rings is 2. The van der Waals surface area contributed by atoms with Crippen molar-refractivity contribution in [1.82, 2.24) is 9.62 Å². The predicted octanol–water partition coefficient (Wildman–Crippen LogP) is 2.48. The molecule has 0 saturated carbocycles. The Morgan fingerprint density at radius 2 is 1.88 bits per heavy atom. The lowest BCUT2D eigenvalue weighted by atomic mass is 10.0. The maximum absolute atomic E-state index is 13.4. The van der Waals surface area contributed by atoms with Gasteiger partial charge in [0.1, 0.15) is 5.82 Å². The van der Waals surface area contributed by atoms with E-state index < -0.39 is 10.0 Å². The van der Waals surface area contributed by atoms with Crippen molar-refractivity contribution >= 4 is 21.6 Å². The summed E-state index contributed by atoms with van der Waals surface area (Å²) in [6.45, 7) is 6.09. The van der Waals surface area contributed by atoms with Gasteiger partial charge in [-0.2, -0.15) is 0 Å². The summed E-state index contributed by atoms with van der Waals surface area (Å²) in [4.78, 5) is 16.0. The summed E-state index contributed by atoms with van der Waals surface area (Å²) in [5.41, 5.74) is 2.45. The molecule has 1 saturated heterocycles. The van der Waals surface area contributed by atoms with Gasteiger partial charge in [-0.1, -0.05) is 12.1 Å². The summed E-state index contributed by atoms with van der Waals surface area (Å²) in [6, 6.07) is 10.8. The number of hydrogen-bond donors (Lipinski definition) is 1. The van der Waals surface area contributed by atoms with E-state index in [-0.39, 0.29) is 35.2 Å². The van der Waals surface area contributed by atoms with Crippen molar-refractivity contribution in [2.45, 2.75) is 37.2 Å².